The number of halogens is 2. The predicted molar refractivity (Wildman–Crippen MR) is 40.9 cm³/mol. The molecule has 1 atom stereocenters. The van der Waals surface area contributed by atoms with Gasteiger partial charge >= 0.3 is 0 Å². The van der Waals surface area contributed by atoms with Crippen molar-refractivity contribution in [2.75, 3.05) is 6.54 Å². The number of alkyl halides is 1. The minimum Gasteiger partial charge on any atom is -0.329 e. The molecule has 0 amide bonds. The quantitative estimate of drug-likeness (QED) is 0.609. The van der Waals surface area contributed by atoms with Crippen molar-refractivity contribution in [1.82, 2.24) is 0 Å². The van der Waals surface area contributed by atoms with Gasteiger partial charge in [0.2, 0.25) is 0 Å². The van der Waals surface area contributed by atoms with E-state index in [1.54, 1.807) is 0 Å². The fourth-order valence-corrected chi connectivity index (χ4v) is 0.144. The van der Waals surface area contributed by atoms with Gasteiger partial charge in [-0.05, 0) is 13.3 Å². The molecule has 0 aromatic heterocycles. The standard InChI is InChI=1S/C5H12ClN.ClH/c1-3-5(2,6)4-7;/h3-4,7H2,1-2H3;1H. The number of rotatable bonds is 2. The first-order chi connectivity index (χ1) is 3.12. The summed E-state index contributed by atoms with van der Waals surface area (Å²) in [4.78, 5) is -0.167. The second-order valence-corrected chi connectivity index (χ2v) is 2.88. The highest BCUT2D eigenvalue weighted by molar-refractivity contribution is 6.23. The van der Waals surface area contributed by atoms with Crippen LogP contribution in [-0.4, -0.2) is 11.4 Å². The highest BCUT2D eigenvalue weighted by Crippen LogP contribution is 2.15. The summed E-state index contributed by atoms with van der Waals surface area (Å²) in [5.41, 5.74) is 5.28. The Bertz CT molecular complexity index is 48.4. The van der Waals surface area contributed by atoms with Crippen molar-refractivity contribution in [2.45, 2.75) is 25.1 Å². The van der Waals surface area contributed by atoms with Crippen LogP contribution in [-0.2, 0) is 0 Å². The molecule has 1 nitrogen and oxygen atoms in total. The Labute approximate surface area is 62.0 Å². The molecule has 0 aromatic carbocycles. The van der Waals surface area contributed by atoms with Crippen LogP contribution >= 0.6 is 24.0 Å². The Morgan fingerprint density at radius 2 is 2.00 bits per heavy atom. The molecule has 2 N–H and O–H groups in total. The molecule has 3 heteroatoms. The molecular weight excluding hydrogens is 145 g/mol. The van der Waals surface area contributed by atoms with E-state index < -0.39 is 0 Å². The second kappa shape index (κ2) is 4.42. The van der Waals surface area contributed by atoms with E-state index >= 15 is 0 Å². The van der Waals surface area contributed by atoms with Crippen molar-refractivity contribution >= 4 is 24.0 Å². The SMILES string of the molecule is CCC(C)(Cl)CN.Cl. The smallest absolute Gasteiger partial charge is 0.0538 e. The van der Waals surface area contributed by atoms with Crippen molar-refractivity contribution in [3.8, 4) is 0 Å². The average molecular weight is 158 g/mol. The molecule has 8 heavy (non-hydrogen) atoms. The molecule has 0 fully saturated rings. The van der Waals surface area contributed by atoms with E-state index in [1.807, 2.05) is 13.8 Å². The van der Waals surface area contributed by atoms with Crippen molar-refractivity contribution in [2.24, 2.45) is 5.73 Å². The van der Waals surface area contributed by atoms with Crippen LogP contribution < -0.4 is 5.73 Å². The maximum absolute atomic E-state index is 5.78. The van der Waals surface area contributed by atoms with Crippen molar-refractivity contribution in [3.05, 3.63) is 0 Å². The molecule has 0 rings (SSSR count). The Morgan fingerprint density at radius 3 is 2.00 bits per heavy atom. The van der Waals surface area contributed by atoms with Gasteiger partial charge in [0.15, 0.2) is 0 Å². The van der Waals surface area contributed by atoms with E-state index in [0.717, 1.165) is 6.42 Å². The van der Waals surface area contributed by atoms with Gasteiger partial charge in [0.05, 0.1) is 4.87 Å². The van der Waals surface area contributed by atoms with E-state index in [4.69, 9.17) is 17.3 Å². The van der Waals surface area contributed by atoms with Crippen molar-refractivity contribution < 1.29 is 0 Å². The highest BCUT2D eigenvalue weighted by Gasteiger charge is 2.13. The lowest BCUT2D eigenvalue weighted by molar-refractivity contribution is 0.618. The molecule has 0 saturated carbocycles. The van der Waals surface area contributed by atoms with Gasteiger partial charge in [-0.2, -0.15) is 0 Å². The zero-order valence-corrected chi connectivity index (χ0v) is 6.85. The van der Waals surface area contributed by atoms with Crippen molar-refractivity contribution in [3.63, 3.8) is 0 Å². The van der Waals surface area contributed by atoms with Gasteiger partial charge in [0, 0.05) is 6.54 Å². The first kappa shape index (κ1) is 11.4. The summed E-state index contributed by atoms with van der Waals surface area (Å²) >= 11 is 5.78. The van der Waals surface area contributed by atoms with Gasteiger partial charge in [-0.1, -0.05) is 6.92 Å². The lowest BCUT2D eigenvalue weighted by atomic mass is 10.1. The number of hydrogen-bond acceptors (Lipinski definition) is 1. The number of hydrogen-bond donors (Lipinski definition) is 1. The topological polar surface area (TPSA) is 26.0 Å². The molecule has 0 radical (unpaired) electrons. The van der Waals surface area contributed by atoms with E-state index in [1.165, 1.54) is 0 Å². The fourth-order valence-electron chi connectivity index (χ4n) is 0.144. The molecule has 0 aliphatic heterocycles. The molecule has 0 saturated heterocycles. The van der Waals surface area contributed by atoms with E-state index in [-0.39, 0.29) is 17.3 Å². The van der Waals surface area contributed by atoms with E-state index in [0.29, 0.717) is 6.54 Å². The Morgan fingerprint density at radius 1 is 1.62 bits per heavy atom. The minimum atomic E-state index is -0.167. The van der Waals surface area contributed by atoms with Crippen LogP contribution in [0.15, 0.2) is 0 Å². The molecule has 0 aromatic rings. The van der Waals surface area contributed by atoms with Gasteiger partial charge in [0.25, 0.3) is 0 Å². The van der Waals surface area contributed by atoms with E-state index in [9.17, 15) is 0 Å². The molecule has 0 heterocycles. The van der Waals surface area contributed by atoms with Gasteiger partial charge in [0.1, 0.15) is 0 Å². The molecule has 0 aliphatic carbocycles. The lowest BCUT2D eigenvalue weighted by Gasteiger charge is -2.15. The fraction of sp³-hybridized carbons (Fsp3) is 1.00. The van der Waals surface area contributed by atoms with Crippen LogP contribution in [0.1, 0.15) is 20.3 Å². The van der Waals surface area contributed by atoms with Crippen LogP contribution in [0, 0.1) is 0 Å². The minimum absolute atomic E-state index is 0. The summed E-state index contributed by atoms with van der Waals surface area (Å²) < 4.78 is 0. The molecule has 0 aliphatic rings. The van der Waals surface area contributed by atoms with Gasteiger partial charge in [-0.3, -0.25) is 0 Å². The third kappa shape index (κ3) is 4.69. The Balaban J connectivity index is 0. The normalized spacial score (nSPS) is 16.5. The summed E-state index contributed by atoms with van der Waals surface area (Å²) in [6.07, 6.45) is 0.936. The zero-order chi connectivity index (χ0) is 5.91. The zero-order valence-electron chi connectivity index (χ0n) is 5.28. The summed E-state index contributed by atoms with van der Waals surface area (Å²) in [7, 11) is 0. The van der Waals surface area contributed by atoms with Gasteiger partial charge in [-0.15, -0.1) is 24.0 Å². The third-order valence-corrected chi connectivity index (χ3v) is 1.58. The monoisotopic (exact) mass is 157 g/mol. The summed E-state index contributed by atoms with van der Waals surface area (Å²) in [6, 6.07) is 0. The van der Waals surface area contributed by atoms with Crippen LogP contribution in [0.5, 0.6) is 0 Å². The molecule has 0 bridgehead atoms. The number of nitrogens with two attached hydrogens (primary N) is 1. The van der Waals surface area contributed by atoms with E-state index in [2.05, 4.69) is 0 Å². The van der Waals surface area contributed by atoms with Crippen LogP contribution in [0.25, 0.3) is 0 Å². The lowest BCUT2D eigenvalue weighted by Crippen LogP contribution is -2.26. The Kier molecular flexibility index (Phi) is 6.27. The summed E-state index contributed by atoms with van der Waals surface area (Å²) in [6.45, 7) is 4.53. The average Bonchev–Trinajstić information content (AvgIpc) is 1.68. The maximum atomic E-state index is 5.78. The maximum Gasteiger partial charge on any atom is 0.0538 e. The van der Waals surface area contributed by atoms with Gasteiger partial charge < -0.3 is 5.73 Å². The summed E-state index contributed by atoms with van der Waals surface area (Å²) in [5.74, 6) is 0. The largest absolute Gasteiger partial charge is 0.329 e. The molecule has 52 valence electrons. The first-order valence-electron chi connectivity index (χ1n) is 2.51. The van der Waals surface area contributed by atoms with Crippen LogP contribution in [0.2, 0.25) is 0 Å². The second-order valence-electron chi connectivity index (χ2n) is 1.97. The van der Waals surface area contributed by atoms with Crippen LogP contribution in [0.3, 0.4) is 0 Å². The highest BCUT2D eigenvalue weighted by atomic mass is 35.5. The first-order valence-corrected chi connectivity index (χ1v) is 2.89. The van der Waals surface area contributed by atoms with Gasteiger partial charge in [-0.25, -0.2) is 0 Å². The van der Waals surface area contributed by atoms with Crippen LogP contribution in [0.4, 0.5) is 0 Å². The Hall–Kier alpha value is 0.540. The molecule has 1 unspecified atom stereocenters. The molecular formula is C5H13Cl2N. The third-order valence-electron chi connectivity index (χ3n) is 1.16. The molecule has 0 spiro atoms. The predicted octanol–water partition coefficient (Wildman–Crippen LogP) is 1.77. The van der Waals surface area contributed by atoms with Crippen molar-refractivity contribution in [1.29, 1.82) is 0 Å². The summed E-state index contributed by atoms with van der Waals surface area (Å²) in [5, 5.41) is 0.